The third-order valence-electron chi connectivity index (χ3n) is 3.37. The molecule has 1 rings (SSSR count). The molecule has 2 N–H and O–H groups in total. The average molecular weight is 272 g/mol. The van der Waals surface area contributed by atoms with E-state index < -0.39 is 11.9 Å². The van der Waals surface area contributed by atoms with Crippen LogP contribution in [0.15, 0.2) is 0 Å². The Morgan fingerprint density at radius 1 is 1.42 bits per heavy atom. The number of carboxylic acid groups (broad SMARTS) is 1. The van der Waals surface area contributed by atoms with Gasteiger partial charge in [-0.3, -0.25) is 4.79 Å². The zero-order chi connectivity index (χ0) is 14.4. The van der Waals surface area contributed by atoms with Crippen LogP contribution in [-0.2, 0) is 9.53 Å². The minimum Gasteiger partial charge on any atom is -0.481 e. The summed E-state index contributed by atoms with van der Waals surface area (Å²) < 4.78 is 5.20. The summed E-state index contributed by atoms with van der Waals surface area (Å²) in [6.45, 7) is 7.59. The summed E-state index contributed by atoms with van der Waals surface area (Å²) in [4.78, 5) is 24.8. The Morgan fingerprint density at radius 3 is 2.63 bits per heavy atom. The Bertz CT molecular complexity index is 320. The van der Waals surface area contributed by atoms with Crippen LogP contribution in [0.4, 0.5) is 4.79 Å². The molecule has 2 atom stereocenters. The summed E-state index contributed by atoms with van der Waals surface area (Å²) in [6, 6.07) is -0.577. The zero-order valence-corrected chi connectivity index (χ0v) is 11.9. The van der Waals surface area contributed by atoms with E-state index in [9.17, 15) is 9.59 Å². The number of nitrogens with zero attached hydrogens (tertiary/aromatic N) is 1. The second-order valence-electron chi connectivity index (χ2n) is 5.25. The molecule has 1 aliphatic heterocycles. The molecule has 0 aliphatic carbocycles. The highest BCUT2D eigenvalue weighted by Crippen LogP contribution is 2.20. The topological polar surface area (TPSA) is 78.9 Å². The van der Waals surface area contributed by atoms with Gasteiger partial charge in [-0.15, -0.1) is 0 Å². The third kappa shape index (κ3) is 4.38. The Hall–Kier alpha value is -1.30. The third-order valence-corrected chi connectivity index (χ3v) is 3.37. The number of amides is 2. The Balaban J connectivity index is 2.56. The van der Waals surface area contributed by atoms with Crippen LogP contribution in [0.25, 0.3) is 0 Å². The fraction of sp³-hybridized carbons (Fsp3) is 0.846. The molecule has 1 heterocycles. The number of ether oxygens (including phenoxy) is 1. The van der Waals surface area contributed by atoms with Gasteiger partial charge in [-0.1, -0.05) is 13.8 Å². The molecular weight excluding hydrogens is 248 g/mol. The Labute approximate surface area is 114 Å². The molecule has 2 amide bonds. The van der Waals surface area contributed by atoms with Gasteiger partial charge < -0.3 is 20.1 Å². The first-order valence-electron chi connectivity index (χ1n) is 6.82. The van der Waals surface area contributed by atoms with Crippen LogP contribution in [0.3, 0.4) is 0 Å². The van der Waals surface area contributed by atoms with Gasteiger partial charge in [-0.05, 0) is 19.3 Å². The van der Waals surface area contributed by atoms with E-state index in [4.69, 9.17) is 9.84 Å². The van der Waals surface area contributed by atoms with Crippen molar-refractivity contribution in [2.45, 2.75) is 33.2 Å². The van der Waals surface area contributed by atoms with Crippen LogP contribution in [0.5, 0.6) is 0 Å². The van der Waals surface area contributed by atoms with Gasteiger partial charge in [0.1, 0.15) is 5.92 Å². The van der Waals surface area contributed by atoms with Crippen molar-refractivity contribution in [1.82, 2.24) is 10.2 Å². The van der Waals surface area contributed by atoms with E-state index in [2.05, 4.69) is 19.2 Å². The molecule has 0 radical (unpaired) electrons. The van der Waals surface area contributed by atoms with Gasteiger partial charge in [0, 0.05) is 13.1 Å². The first-order chi connectivity index (χ1) is 8.97. The van der Waals surface area contributed by atoms with Crippen LogP contribution in [0.1, 0.15) is 27.2 Å². The predicted octanol–water partition coefficient (Wildman–Crippen LogP) is 1.16. The summed E-state index contributed by atoms with van der Waals surface area (Å²) >= 11 is 0. The van der Waals surface area contributed by atoms with E-state index in [1.165, 1.54) is 0 Å². The normalized spacial score (nSPS) is 22.5. The lowest BCUT2D eigenvalue weighted by Gasteiger charge is -2.29. The molecule has 19 heavy (non-hydrogen) atoms. The number of urea groups is 1. The maximum Gasteiger partial charge on any atom is 0.317 e. The molecule has 1 aliphatic rings. The summed E-state index contributed by atoms with van der Waals surface area (Å²) in [6.07, 6.45) is 0.910. The fourth-order valence-electron chi connectivity index (χ4n) is 2.18. The van der Waals surface area contributed by atoms with Crippen molar-refractivity contribution in [1.29, 1.82) is 0 Å². The monoisotopic (exact) mass is 272 g/mol. The van der Waals surface area contributed by atoms with Crippen molar-refractivity contribution >= 4 is 12.0 Å². The van der Waals surface area contributed by atoms with Crippen molar-refractivity contribution in [3.63, 3.8) is 0 Å². The van der Waals surface area contributed by atoms with Crippen molar-refractivity contribution in [2.24, 2.45) is 11.8 Å². The van der Waals surface area contributed by atoms with Crippen molar-refractivity contribution < 1.29 is 19.4 Å². The van der Waals surface area contributed by atoms with E-state index in [0.717, 1.165) is 6.42 Å². The van der Waals surface area contributed by atoms with Gasteiger partial charge in [0.15, 0.2) is 0 Å². The van der Waals surface area contributed by atoms with E-state index in [0.29, 0.717) is 25.6 Å². The number of carboxylic acids is 1. The highest BCUT2D eigenvalue weighted by Gasteiger charge is 2.39. The van der Waals surface area contributed by atoms with Crippen LogP contribution in [-0.4, -0.2) is 54.4 Å². The quantitative estimate of drug-likeness (QED) is 0.760. The largest absolute Gasteiger partial charge is 0.481 e. The van der Waals surface area contributed by atoms with E-state index in [1.54, 1.807) is 4.90 Å². The predicted molar refractivity (Wildman–Crippen MR) is 71.0 cm³/mol. The molecular formula is C13H24N2O4. The van der Waals surface area contributed by atoms with Gasteiger partial charge in [-0.25, -0.2) is 4.79 Å². The SMILES string of the molecule is CCN(C(=O)NCCC(C)C)C1COCC1C(=O)O. The molecule has 1 fully saturated rings. The van der Waals surface area contributed by atoms with Crippen LogP contribution < -0.4 is 5.32 Å². The van der Waals surface area contributed by atoms with Gasteiger partial charge in [0.25, 0.3) is 0 Å². The van der Waals surface area contributed by atoms with Crippen LogP contribution >= 0.6 is 0 Å². The molecule has 2 unspecified atom stereocenters. The van der Waals surface area contributed by atoms with Crippen LogP contribution in [0.2, 0.25) is 0 Å². The minimum atomic E-state index is -0.907. The Morgan fingerprint density at radius 2 is 2.11 bits per heavy atom. The lowest BCUT2D eigenvalue weighted by molar-refractivity contribution is -0.142. The summed E-state index contributed by atoms with van der Waals surface area (Å²) in [5.41, 5.74) is 0. The maximum atomic E-state index is 12.1. The number of nitrogens with one attached hydrogen (secondary N) is 1. The van der Waals surface area contributed by atoms with Crippen molar-refractivity contribution in [2.75, 3.05) is 26.3 Å². The van der Waals surface area contributed by atoms with Crippen molar-refractivity contribution in [3.8, 4) is 0 Å². The van der Waals surface area contributed by atoms with Gasteiger partial charge in [0.05, 0.1) is 19.3 Å². The highest BCUT2D eigenvalue weighted by atomic mass is 16.5. The lowest BCUT2D eigenvalue weighted by atomic mass is 10.0. The maximum absolute atomic E-state index is 12.1. The molecule has 0 saturated carbocycles. The van der Waals surface area contributed by atoms with Gasteiger partial charge >= 0.3 is 12.0 Å². The molecule has 0 aromatic rings. The molecule has 0 aromatic heterocycles. The van der Waals surface area contributed by atoms with Crippen molar-refractivity contribution in [3.05, 3.63) is 0 Å². The smallest absolute Gasteiger partial charge is 0.317 e. The highest BCUT2D eigenvalue weighted by molar-refractivity contribution is 5.77. The average Bonchev–Trinajstić information content (AvgIpc) is 2.78. The number of rotatable bonds is 6. The van der Waals surface area contributed by atoms with Gasteiger partial charge in [0.2, 0.25) is 0 Å². The number of carbonyl (C=O) groups is 2. The fourth-order valence-corrected chi connectivity index (χ4v) is 2.18. The lowest BCUT2D eigenvalue weighted by Crippen LogP contribution is -2.50. The summed E-state index contributed by atoms with van der Waals surface area (Å²) in [5.74, 6) is -1.01. The first kappa shape index (κ1) is 15.8. The molecule has 110 valence electrons. The number of likely N-dealkylation sites (N-methyl/N-ethyl adjacent to an activating group) is 1. The molecule has 1 saturated heterocycles. The van der Waals surface area contributed by atoms with E-state index in [1.807, 2.05) is 6.92 Å². The zero-order valence-electron chi connectivity index (χ0n) is 11.9. The molecule has 0 spiro atoms. The first-order valence-corrected chi connectivity index (χ1v) is 6.82. The number of carbonyl (C=O) groups excluding carboxylic acids is 1. The molecule has 6 nitrogen and oxygen atoms in total. The van der Waals surface area contributed by atoms with Crippen LogP contribution in [0, 0.1) is 11.8 Å². The van der Waals surface area contributed by atoms with Gasteiger partial charge in [-0.2, -0.15) is 0 Å². The second-order valence-corrected chi connectivity index (χ2v) is 5.25. The second kappa shape index (κ2) is 7.33. The summed E-state index contributed by atoms with van der Waals surface area (Å²) in [5, 5.41) is 12.0. The minimum absolute atomic E-state index is 0.176. The molecule has 6 heteroatoms. The number of hydrogen-bond acceptors (Lipinski definition) is 3. The Kier molecular flexibility index (Phi) is 6.08. The number of hydrogen-bond donors (Lipinski definition) is 2. The van der Waals surface area contributed by atoms with E-state index >= 15 is 0 Å². The number of aliphatic carboxylic acids is 1. The standard InChI is InChI=1S/C13H24N2O4/c1-4-15(13(18)14-6-5-9(2)3)11-8-19-7-10(11)12(16)17/h9-11H,4-8H2,1-3H3,(H,14,18)(H,16,17). The molecule has 0 aromatic carbocycles. The summed E-state index contributed by atoms with van der Waals surface area (Å²) in [7, 11) is 0. The van der Waals surface area contributed by atoms with E-state index in [-0.39, 0.29) is 18.7 Å². The molecule has 0 bridgehead atoms.